The van der Waals surface area contributed by atoms with Gasteiger partial charge in [-0.1, -0.05) is 25.1 Å². The molecule has 8 heteroatoms. The fourth-order valence-corrected chi connectivity index (χ4v) is 5.77. The number of hydrogen-bond acceptors (Lipinski definition) is 5. The molecule has 0 radical (unpaired) electrons. The Morgan fingerprint density at radius 2 is 1.86 bits per heavy atom. The molecule has 0 aromatic heterocycles. The highest BCUT2D eigenvalue weighted by atomic mass is 32.2. The van der Waals surface area contributed by atoms with Crippen molar-refractivity contribution in [1.29, 1.82) is 0 Å². The van der Waals surface area contributed by atoms with Gasteiger partial charge in [0, 0.05) is 45.0 Å². The summed E-state index contributed by atoms with van der Waals surface area (Å²) in [5.74, 6) is -0.0893. The molecule has 2 saturated heterocycles. The van der Waals surface area contributed by atoms with Crippen LogP contribution in [0.1, 0.15) is 31.7 Å². The van der Waals surface area contributed by atoms with E-state index < -0.39 is 16.1 Å². The number of benzene rings is 1. The molecule has 2 fully saturated rings. The molecule has 156 valence electrons. The van der Waals surface area contributed by atoms with E-state index in [9.17, 15) is 13.2 Å². The first-order chi connectivity index (χ1) is 13.4. The van der Waals surface area contributed by atoms with Crippen LogP contribution in [0.15, 0.2) is 24.3 Å². The molecular formula is C20H32N4O3S. The van der Waals surface area contributed by atoms with Crippen LogP contribution in [0.3, 0.4) is 0 Å². The number of likely N-dealkylation sites (N-methyl/N-ethyl adjacent to an activating group) is 1. The van der Waals surface area contributed by atoms with Crippen molar-refractivity contribution in [2.24, 2.45) is 0 Å². The fraction of sp³-hybridized carbons (Fsp3) is 0.650. The summed E-state index contributed by atoms with van der Waals surface area (Å²) in [7, 11) is -1.23. The standard InChI is InChI=1S/C20H32N4O3S/c1-3-15-28(26,27)24-10-6-9-19(24)20(25)21-16-17-7-4-5-8-18(17)23-13-11-22(2)12-14-23/h4-5,7-8,19H,3,6,9-16H2,1-2H3,(H,21,25). The van der Waals surface area contributed by atoms with Crippen LogP contribution in [0.5, 0.6) is 0 Å². The Morgan fingerprint density at radius 1 is 1.14 bits per heavy atom. The number of anilines is 1. The summed E-state index contributed by atoms with van der Waals surface area (Å²) in [5, 5.41) is 2.99. The molecule has 2 aliphatic rings. The number of piperazine rings is 1. The largest absolute Gasteiger partial charge is 0.369 e. The first-order valence-corrected chi connectivity index (χ1v) is 11.8. The number of sulfonamides is 1. The van der Waals surface area contributed by atoms with Crippen LogP contribution < -0.4 is 10.2 Å². The van der Waals surface area contributed by atoms with Crippen molar-refractivity contribution in [2.75, 3.05) is 50.4 Å². The molecule has 1 aromatic carbocycles. The number of carbonyl (C=O) groups excluding carboxylic acids is 1. The summed E-state index contributed by atoms with van der Waals surface area (Å²) >= 11 is 0. The van der Waals surface area contributed by atoms with Gasteiger partial charge in [-0.3, -0.25) is 4.79 Å². The average Bonchev–Trinajstić information content (AvgIpc) is 3.18. The molecule has 1 N–H and O–H groups in total. The maximum Gasteiger partial charge on any atom is 0.238 e. The number of nitrogens with zero attached hydrogens (tertiary/aromatic N) is 3. The zero-order valence-corrected chi connectivity index (χ0v) is 17.7. The highest BCUT2D eigenvalue weighted by molar-refractivity contribution is 7.89. The lowest BCUT2D eigenvalue weighted by Crippen LogP contribution is -2.47. The number of rotatable bonds is 7. The van der Waals surface area contributed by atoms with Gasteiger partial charge in [0.25, 0.3) is 0 Å². The SMILES string of the molecule is CCCS(=O)(=O)N1CCCC1C(=O)NCc1ccccc1N1CCN(C)CC1. The van der Waals surface area contributed by atoms with E-state index in [1.165, 1.54) is 4.31 Å². The van der Waals surface area contributed by atoms with Crippen molar-refractivity contribution < 1.29 is 13.2 Å². The molecule has 2 heterocycles. The van der Waals surface area contributed by atoms with Crippen LogP contribution in [0.25, 0.3) is 0 Å². The normalized spacial score (nSPS) is 21.8. The minimum absolute atomic E-state index is 0.100. The van der Waals surface area contributed by atoms with Crippen LogP contribution in [0.2, 0.25) is 0 Å². The molecule has 2 aliphatic heterocycles. The smallest absolute Gasteiger partial charge is 0.238 e. The van der Waals surface area contributed by atoms with Crippen molar-refractivity contribution in [1.82, 2.24) is 14.5 Å². The maximum absolute atomic E-state index is 12.8. The molecule has 0 aliphatic carbocycles. The van der Waals surface area contributed by atoms with E-state index in [4.69, 9.17) is 0 Å². The van der Waals surface area contributed by atoms with Crippen LogP contribution >= 0.6 is 0 Å². The molecule has 1 unspecified atom stereocenters. The van der Waals surface area contributed by atoms with Gasteiger partial charge in [-0.25, -0.2) is 8.42 Å². The third kappa shape index (κ3) is 4.85. The number of amides is 1. The molecule has 1 aromatic rings. The molecule has 1 amide bonds. The Hall–Kier alpha value is -1.64. The molecule has 0 bridgehead atoms. The van der Waals surface area contributed by atoms with Gasteiger partial charge < -0.3 is 15.1 Å². The number of carbonyl (C=O) groups is 1. The predicted molar refractivity (Wildman–Crippen MR) is 112 cm³/mol. The summed E-state index contributed by atoms with van der Waals surface area (Å²) in [6.07, 6.45) is 1.89. The molecule has 1 atom stereocenters. The third-order valence-electron chi connectivity index (χ3n) is 5.61. The van der Waals surface area contributed by atoms with Crippen molar-refractivity contribution >= 4 is 21.6 Å². The quantitative estimate of drug-likeness (QED) is 0.735. The van der Waals surface area contributed by atoms with Gasteiger partial charge in [0.1, 0.15) is 6.04 Å². The number of nitrogens with one attached hydrogen (secondary N) is 1. The second kappa shape index (κ2) is 9.24. The zero-order valence-electron chi connectivity index (χ0n) is 16.9. The van der Waals surface area contributed by atoms with E-state index >= 15 is 0 Å². The van der Waals surface area contributed by atoms with Crippen molar-refractivity contribution in [3.8, 4) is 0 Å². The average molecular weight is 409 g/mol. The van der Waals surface area contributed by atoms with Gasteiger partial charge in [0.15, 0.2) is 0 Å². The first-order valence-electron chi connectivity index (χ1n) is 10.2. The predicted octanol–water partition coefficient (Wildman–Crippen LogP) is 1.26. The van der Waals surface area contributed by atoms with E-state index in [0.717, 1.165) is 43.9 Å². The summed E-state index contributed by atoms with van der Waals surface area (Å²) in [6.45, 7) is 6.68. The monoisotopic (exact) mass is 408 g/mol. The fourth-order valence-electron chi connectivity index (χ4n) is 4.03. The van der Waals surface area contributed by atoms with Crippen molar-refractivity contribution in [3.63, 3.8) is 0 Å². The number of hydrogen-bond donors (Lipinski definition) is 1. The van der Waals surface area contributed by atoms with E-state index in [2.05, 4.69) is 28.2 Å². The van der Waals surface area contributed by atoms with Crippen molar-refractivity contribution in [3.05, 3.63) is 29.8 Å². The highest BCUT2D eigenvalue weighted by Gasteiger charge is 2.37. The lowest BCUT2D eigenvalue weighted by molar-refractivity contribution is -0.124. The highest BCUT2D eigenvalue weighted by Crippen LogP contribution is 2.24. The maximum atomic E-state index is 12.8. The Labute approximate surface area is 168 Å². The van der Waals surface area contributed by atoms with E-state index in [1.54, 1.807) is 0 Å². The van der Waals surface area contributed by atoms with Gasteiger partial charge in [0.2, 0.25) is 15.9 Å². The van der Waals surface area contributed by atoms with Crippen molar-refractivity contribution in [2.45, 2.75) is 38.8 Å². The minimum atomic E-state index is -3.36. The van der Waals surface area contributed by atoms with E-state index in [0.29, 0.717) is 25.9 Å². The lowest BCUT2D eigenvalue weighted by atomic mass is 10.1. The van der Waals surface area contributed by atoms with Crippen LogP contribution in [-0.4, -0.2) is 75.1 Å². The molecule has 0 spiro atoms. The van der Waals surface area contributed by atoms with E-state index in [-0.39, 0.29) is 11.7 Å². The first kappa shape index (κ1) is 21.1. The second-order valence-electron chi connectivity index (χ2n) is 7.72. The number of para-hydroxylation sites is 1. The van der Waals surface area contributed by atoms with Gasteiger partial charge in [-0.15, -0.1) is 0 Å². The van der Waals surface area contributed by atoms with E-state index in [1.807, 2.05) is 25.1 Å². The third-order valence-corrected chi connectivity index (χ3v) is 7.69. The lowest BCUT2D eigenvalue weighted by Gasteiger charge is -2.35. The Balaban J connectivity index is 1.65. The zero-order chi connectivity index (χ0) is 20.1. The topological polar surface area (TPSA) is 73.0 Å². The molecule has 3 rings (SSSR count). The van der Waals surface area contributed by atoms with Crippen LogP contribution in [0, 0.1) is 0 Å². The molecule has 0 saturated carbocycles. The van der Waals surface area contributed by atoms with Gasteiger partial charge in [-0.2, -0.15) is 4.31 Å². The van der Waals surface area contributed by atoms with Gasteiger partial charge >= 0.3 is 0 Å². The summed E-state index contributed by atoms with van der Waals surface area (Å²) in [4.78, 5) is 17.4. The Morgan fingerprint density at radius 3 is 2.57 bits per heavy atom. The van der Waals surface area contributed by atoms with Crippen LogP contribution in [0.4, 0.5) is 5.69 Å². The molecule has 28 heavy (non-hydrogen) atoms. The summed E-state index contributed by atoms with van der Waals surface area (Å²) in [6, 6.07) is 7.56. The van der Waals surface area contributed by atoms with Gasteiger partial charge in [-0.05, 0) is 37.9 Å². The minimum Gasteiger partial charge on any atom is -0.369 e. The van der Waals surface area contributed by atoms with Gasteiger partial charge in [0.05, 0.1) is 5.75 Å². The Bertz CT molecular complexity index is 775. The molecule has 7 nitrogen and oxygen atoms in total. The second-order valence-corrected chi connectivity index (χ2v) is 9.76. The van der Waals surface area contributed by atoms with Crippen LogP contribution in [-0.2, 0) is 21.4 Å². The summed E-state index contributed by atoms with van der Waals surface area (Å²) in [5.41, 5.74) is 2.22. The Kier molecular flexibility index (Phi) is 6.95. The molecular weight excluding hydrogens is 376 g/mol. The summed E-state index contributed by atoms with van der Waals surface area (Å²) < 4.78 is 26.3.